The van der Waals surface area contributed by atoms with Crippen molar-refractivity contribution in [1.82, 2.24) is 19.9 Å². The fourth-order valence-corrected chi connectivity index (χ4v) is 4.34. The first-order valence-electron chi connectivity index (χ1n) is 9.08. The molecule has 2 aromatic heterocycles. The van der Waals surface area contributed by atoms with Gasteiger partial charge in [0, 0.05) is 24.1 Å². The molecule has 9 nitrogen and oxygen atoms in total. The van der Waals surface area contributed by atoms with Gasteiger partial charge in [0.25, 0.3) is 5.22 Å². The van der Waals surface area contributed by atoms with E-state index in [1.807, 2.05) is 0 Å². The van der Waals surface area contributed by atoms with Crippen LogP contribution < -0.4 is 10.0 Å². The Morgan fingerprint density at radius 1 is 1.10 bits per heavy atom. The van der Waals surface area contributed by atoms with E-state index in [4.69, 9.17) is 4.42 Å². The van der Waals surface area contributed by atoms with Gasteiger partial charge in [0.2, 0.25) is 21.8 Å². The Balaban J connectivity index is 1.60. The minimum absolute atomic E-state index is 0.130. The molecule has 3 rings (SSSR count). The van der Waals surface area contributed by atoms with Crippen molar-refractivity contribution in [2.45, 2.75) is 42.2 Å². The first kappa shape index (κ1) is 21.9. The fourth-order valence-electron chi connectivity index (χ4n) is 2.41. The molecule has 0 aliphatic rings. The summed E-state index contributed by atoms with van der Waals surface area (Å²) in [6.07, 6.45) is 3.25. The largest absolute Gasteiger partial charge is 0.411 e. The third kappa shape index (κ3) is 5.65. The van der Waals surface area contributed by atoms with Crippen LogP contribution in [0.25, 0.3) is 11.5 Å². The van der Waals surface area contributed by atoms with Gasteiger partial charge in [-0.05, 0) is 57.2 Å². The second-order valence-electron chi connectivity index (χ2n) is 6.66. The van der Waals surface area contributed by atoms with E-state index < -0.39 is 15.3 Å². The van der Waals surface area contributed by atoms with Gasteiger partial charge in [-0.2, -0.15) is 0 Å². The molecule has 11 heteroatoms. The number of sulfonamides is 1. The lowest BCUT2D eigenvalue weighted by Gasteiger charge is -2.12. The topological polar surface area (TPSA) is 127 Å². The van der Waals surface area contributed by atoms with Crippen LogP contribution in [0.4, 0.5) is 5.69 Å². The molecule has 0 aliphatic heterocycles. The Morgan fingerprint density at radius 3 is 2.47 bits per heavy atom. The number of nitrogens with one attached hydrogen (secondary N) is 2. The van der Waals surface area contributed by atoms with Gasteiger partial charge in [0.15, 0.2) is 0 Å². The number of hydrogen-bond donors (Lipinski definition) is 2. The van der Waals surface area contributed by atoms with Crippen LogP contribution in [0.1, 0.15) is 20.8 Å². The van der Waals surface area contributed by atoms with Gasteiger partial charge in [-0.15, -0.1) is 10.2 Å². The number of nitrogens with zero attached hydrogens (tertiary/aromatic N) is 3. The summed E-state index contributed by atoms with van der Waals surface area (Å²) in [6, 6.07) is 9.31. The molecule has 0 fully saturated rings. The highest BCUT2D eigenvalue weighted by atomic mass is 32.2. The van der Waals surface area contributed by atoms with E-state index in [-0.39, 0.29) is 22.1 Å². The van der Waals surface area contributed by atoms with Gasteiger partial charge < -0.3 is 9.73 Å². The average molecular weight is 448 g/mol. The van der Waals surface area contributed by atoms with Gasteiger partial charge in [-0.25, -0.2) is 13.1 Å². The Hall–Kier alpha value is -2.76. The Labute approximate surface area is 178 Å². The van der Waals surface area contributed by atoms with E-state index in [0.29, 0.717) is 17.1 Å². The molecule has 2 heterocycles. The molecular formula is C19H21N5O4S2. The number of aromatic nitrogens is 3. The molecule has 1 amide bonds. The second kappa shape index (κ2) is 9.37. The molecule has 0 spiro atoms. The van der Waals surface area contributed by atoms with E-state index in [1.165, 1.54) is 24.3 Å². The van der Waals surface area contributed by atoms with E-state index >= 15 is 0 Å². The maximum absolute atomic E-state index is 12.5. The van der Waals surface area contributed by atoms with Crippen LogP contribution in [0.5, 0.6) is 0 Å². The fraction of sp³-hybridized carbons (Fsp3) is 0.263. The summed E-state index contributed by atoms with van der Waals surface area (Å²) in [5, 5.41) is 10.4. The number of amides is 1. The molecule has 0 saturated heterocycles. The molecule has 0 aliphatic carbocycles. The quantitative estimate of drug-likeness (QED) is 0.505. The van der Waals surface area contributed by atoms with Crippen molar-refractivity contribution in [3.8, 4) is 11.5 Å². The molecule has 1 aromatic carbocycles. The zero-order valence-corrected chi connectivity index (χ0v) is 18.2. The standard InChI is InChI=1S/C19H21N5O4S2/c1-12(2)24-30(26,27)16-8-6-15(7-9-16)21-17(25)13(3)29-19-23-22-18(28-19)14-5-4-10-20-11-14/h4-13,24H,1-3H3,(H,21,25)/t13-/m1/s1. The van der Waals surface area contributed by atoms with Crippen molar-refractivity contribution in [3.63, 3.8) is 0 Å². The van der Waals surface area contributed by atoms with Crippen molar-refractivity contribution >= 4 is 33.4 Å². The molecule has 0 radical (unpaired) electrons. The Morgan fingerprint density at radius 2 is 1.83 bits per heavy atom. The van der Waals surface area contributed by atoms with Gasteiger partial charge in [-0.3, -0.25) is 9.78 Å². The monoisotopic (exact) mass is 447 g/mol. The Bertz CT molecular complexity index is 1100. The predicted octanol–water partition coefficient (Wildman–Crippen LogP) is 2.94. The summed E-state index contributed by atoms with van der Waals surface area (Å²) in [4.78, 5) is 16.6. The lowest BCUT2D eigenvalue weighted by Crippen LogP contribution is -2.30. The van der Waals surface area contributed by atoms with Crippen LogP contribution in [0.2, 0.25) is 0 Å². The summed E-state index contributed by atoms with van der Waals surface area (Å²) in [5.74, 6) is 0.0436. The number of thioether (sulfide) groups is 1. The van der Waals surface area contributed by atoms with Gasteiger partial charge in [-0.1, -0.05) is 11.8 Å². The molecular weight excluding hydrogens is 426 g/mol. The van der Waals surface area contributed by atoms with Crippen LogP contribution in [-0.2, 0) is 14.8 Å². The minimum atomic E-state index is -3.58. The molecule has 30 heavy (non-hydrogen) atoms. The third-order valence-corrected chi connectivity index (χ3v) is 6.39. The number of rotatable bonds is 8. The normalized spacial score (nSPS) is 12.7. The highest BCUT2D eigenvalue weighted by Gasteiger charge is 2.20. The maximum atomic E-state index is 12.5. The first-order valence-corrected chi connectivity index (χ1v) is 11.4. The predicted molar refractivity (Wildman–Crippen MR) is 113 cm³/mol. The molecule has 158 valence electrons. The molecule has 0 saturated carbocycles. The number of carbonyl (C=O) groups excluding carboxylic acids is 1. The van der Waals surface area contributed by atoms with Crippen molar-refractivity contribution in [2.24, 2.45) is 0 Å². The van der Waals surface area contributed by atoms with E-state index in [0.717, 1.165) is 11.8 Å². The van der Waals surface area contributed by atoms with Crippen LogP contribution >= 0.6 is 11.8 Å². The van der Waals surface area contributed by atoms with E-state index in [9.17, 15) is 13.2 Å². The molecule has 2 N–H and O–H groups in total. The Kier molecular flexibility index (Phi) is 6.85. The van der Waals surface area contributed by atoms with Gasteiger partial charge >= 0.3 is 0 Å². The van der Waals surface area contributed by atoms with Crippen molar-refractivity contribution in [3.05, 3.63) is 48.8 Å². The van der Waals surface area contributed by atoms with Crippen LogP contribution in [0, 0.1) is 0 Å². The van der Waals surface area contributed by atoms with Crippen molar-refractivity contribution < 1.29 is 17.6 Å². The lowest BCUT2D eigenvalue weighted by molar-refractivity contribution is -0.115. The zero-order valence-electron chi connectivity index (χ0n) is 16.6. The number of benzene rings is 1. The maximum Gasteiger partial charge on any atom is 0.277 e. The number of pyridine rings is 1. The van der Waals surface area contributed by atoms with Crippen molar-refractivity contribution in [1.29, 1.82) is 0 Å². The molecule has 0 unspecified atom stereocenters. The van der Waals surface area contributed by atoms with Crippen LogP contribution in [0.15, 0.2) is 63.3 Å². The number of hydrogen-bond acceptors (Lipinski definition) is 8. The smallest absolute Gasteiger partial charge is 0.277 e. The molecule has 1 atom stereocenters. The lowest BCUT2D eigenvalue weighted by atomic mass is 10.3. The van der Waals surface area contributed by atoms with Crippen molar-refractivity contribution in [2.75, 3.05) is 5.32 Å². The van der Waals surface area contributed by atoms with E-state index in [2.05, 4.69) is 25.2 Å². The molecule has 3 aromatic rings. The summed E-state index contributed by atoms with van der Waals surface area (Å²) >= 11 is 1.12. The average Bonchev–Trinajstić information content (AvgIpc) is 3.16. The SMILES string of the molecule is CC(C)NS(=O)(=O)c1ccc(NC(=O)[C@@H](C)Sc2nnc(-c3cccnc3)o2)cc1. The minimum Gasteiger partial charge on any atom is -0.411 e. The van der Waals surface area contributed by atoms with Crippen LogP contribution in [0.3, 0.4) is 0 Å². The summed E-state index contributed by atoms with van der Waals surface area (Å²) < 4.78 is 32.4. The van der Waals surface area contributed by atoms with Crippen LogP contribution in [-0.4, -0.2) is 40.8 Å². The second-order valence-corrected chi connectivity index (χ2v) is 9.67. The highest BCUT2D eigenvalue weighted by Crippen LogP contribution is 2.26. The summed E-state index contributed by atoms with van der Waals surface area (Å²) in [7, 11) is -3.58. The first-order chi connectivity index (χ1) is 14.2. The summed E-state index contributed by atoms with van der Waals surface area (Å²) in [6.45, 7) is 5.20. The third-order valence-electron chi connectivity index (χ3n) is 3.78. The highest BCUT2D eigenvalue weighted by molar-refractivity contribution is 8.00. The number of carbonyl (C=O) groups is 1. The zero-order chi connectivity index (χ0) is 21.7. The van der Waals surface area contributed by atoms with Gasteiger partial charge in [0.1, 0.15) is 0 Å². The molecule has 0 bridgehead atoms. The van der Waals surface area contributed by atoms with Gasteiger partial charge in [0.05, 0.1) is 15.7 Å². The van der Waals surface area contributed by atoms with E-state index in [1.54, 1.807) is 45.3 Å². The summed E-state index contributed by atoms with van der Waals surface area (Å²) in [5.41, 5.74) is 1.17. The number of anilines is 1.